The average Bonchev–Trinajstić information content (AvgIpc) is 2.80. The van der Waals surface area contributed by atoms with E-state index in [0.717, 1.165) is 37.6 Å². The van der Waals surface area contributed by atoms with Crippen LogP contribution >= 0.6 is 0 Å². The van der Waals surface area contributed by atoms with E-state index < -0.39 is 0 Å². The molecule has 1 unspecified atom stereocenters. The van der Waals surface area contributed by atoms with Gasteiger partial charge in [-0.2, -0.15) is 0 Å². The van der Waals surface area contributed by atoms with Crippen LogP contribution in [0, 0.1) is 11.7 Å². The van der Waals surface area contributed by atoms with Crippen LogP contribution in [0.5, 0.6) is 0 Å². The van der Waals surface area contributed by atoms with Crippen molar-refractivity contribution in [2.45, 2.75) is 19.4 Å². The van der Waals surface area contributed by atoms with Crippen LogP contribution in [-0.4, -0.2) is 19.7 Å². The van der Waals surface area contributed by atoms with Crippen molar-refractivity contribution in [2.75, 3.05) is 19.7 Å². The van der Waals surface area contributed by atoms with E-state index in [4.69, 9.17) is 4.74 Å². The largest absolute Gasteiger partial charge is 0.377 e. The van der Waals surface area contributed by atoms with Gasteiger partial charge in [-0.3, -0.25) is 0 Å². The van der Waals surface area contributed by atoms with Crippen LogP contribution in [0.4, 0.5) is 4.39 Å². The molecular formula is C13H18FNO. The van der Waals surface area contributed by atoms with Crippen molar-refractivity contribution in [1.29, 1.82) is 0 Å². The highest BCUT2D eigenvalue weighted by Gasteiger charge is 2.13. The summed E-state index contributed by atoms with van der Waals surface area (Å²) in [5, 5.41) is 3.34. The maximum absolute atomic E-state index is 12.6. The minimum atomic E-state index is -0.194. The summed E-state index contributed by atoms with van der Waals surface area (Å²) < 4.78 is 18.2. The number of ether oxygens (including phenoxy) is 1. The Morgan fingerprint density at radius 1 is 1.31 bits per heavy atom. The molecule has 1 aromatic carbocycles. The lowest BCUT2D eigenvalue weighted by molar-refractivity contribution is 0.109. The maximum Gasteiger partial charge on any atom is 0.123 e. The van der Waals surface area contributed by atoms with Gasteiger partial charge in [0.1, 0.15) is 5.82 Å². The molecule has 1 atom stereocenters. The predicted octanol–water partition coefficient (Wildman–Crippen LogP) is 2.34. The Kier molecular flexibility index (Phi) is 4.31. The highest BCUT2D eigenvalue weighted by Crippen LogP contribution is 2.12. The Labute approximate surface area is 95.8 Å². The standard InChI is InChI=1S/C13H18FNO/c14-13-3-1-12(2-4-13)10-16-8-6-11-5-7-15-9-11/h1-4,11,15H,5-10H2. The van der Waals surface area contributed by atoms with Gasteiger partial charge in [0.15, 0.2) is 0 Å². The van der Waals surface area contributed by atoms with Crippen molar-refractivity contribution in [3.05, 3.63) is 35.6 Å². The van der Waals surface area contributed by atoms with Gasteiger partial charge >= 0.3 is 0 Å². The summed E-state index contributed by atoms with van der Waals surface area (Å²) in [5.74, 6) is 0.578. The molecule has 88 valence electrons. The quantitative estimate of drug-likeness (QED) is 0.774. The summed E-state index contributed by atoms with van der Waals surface area (Å²) in [6.07, 6.45) is 2.38. The van der Waals surface area contributed by atoms with Crippen LogP contribution in [0.15, 0.2) is 24.3 Å². The molecule has 1 fully saturated rings. The van der Waals surface area contributed by atoms with Gasteiger partial charge in [0.2, 0.25) is 0 Å². The molecule has 2 nitrogen and oxygen atoms in total. The normalized spacial score (nSPS) is 20.2. The van der Waals surface area contributed by atoms with E-state index in [-0.39, 0.29) is 5.82 Å². The number of halogens is 1. The van der Waals surface area contributed by atoms with E-state index >= 15 is 0 Å². The Bertz CT molecular complexity index is 306. The molecule has 0 saturated carbocycles. The molecule has 0 bridgehead atoms. The van der Waals surface area contributed by atoms with Crippen LogP contribution in [0.25, 0.3) is 0 Å². The molecule has 1 saturated heterocycles. The first-order valence-corrected chi connectivity index (χ1v) is 5.87. The highest BCUT2D eigenvalue weighted by atomic mass is 19.1. The highest BCUT2D eigenvalue weighted by molar-refractivity contribution is 5.14. The van der Waals surface area contributed by atoms with Gasteiger partial charge in [-0.25, -0.2) is 4.39 Å². The Balaban J connectivity index is 1.62. The molecule has 3 heteroatoms. The topological polar surface area (TPSA) is 21.3 Å². The summed E-state index contributed by atoms with van der Waals surface area (Å²) in [5.41, 5.74) is 1.03. The van der Waals surface area contributed by atoms with E-state index in [2.05, 4.69) is 5.32 Å². The molecule has 1 heterocycles. The van der Waals surface area contributed by atoms with Gasteiger partial charge in [-0.05, 0) is 49.5 Å². The number of nitrogens with one attached hydrogen (secondary N) is 1. The zero-order valence-corrected chi connectivity index (χ0v) is 9.42. The summed E-state index contributed by atoms with van der Waals surface area (Å²) in [6, 6.07) is 6.48. The lowest BCUT2D eigenvalue weighted by atomic mass is 10.1. The van der Waals surface area contributed by atoms with E-state index in [1.165, 1.54) is 18.6 Å². The SMILES string of the molecule is Fc1ccc(COCCC2CCNC2)cc1. The van der Waals surface area contributed by atoms with Crippen molar-refractivity contribution in [3.8, 4) is 0 Å². The second-order valence-electron chi connectivity index (χ2n) is 4.33. The van der Waals surface area contributed by atoms with Crippen molar-refractivity contribution < 1.29 is 9.13 Å². The van der Waals surface area contributed by atoms with Crippen LogP contribution in [0.2, 0.25) is 0 Å². The van der Waals surface area contributed by atoms with Crippen molar-refractivity contribution in [3.63, 3.8) is 0 Å². The first-order chi connectivity index (χ1) is 7.84. The summed E-state index contributed by atoms with van der Waals surface area (Å²) in [6.45, 7) is 3.65. The van der Waals surface area contributed by atoms with E-state index in [9.17, 15) is 4.39 Å². The fourth-order valence-corrected chi connectivity index (χ4v) is 1.98. The lowest BCUT2D eigenvalue weighted by Gasteiger charge is -2.08. The van der Waals surface area contributed by atoms with Crippen molar-refractivity contribution in [1.82, 2.24) is 5.32 Å². The molecule has 0 aromatic heterocycles. The number of rotatable bonds is 5. The summed E-state index contributed by atoms with van der Waals surface area (Å²) >= 11 is 0. The van der Waals surface area contributed by atoms with Crippen LogP contribution in [-0.2, 0) is 11.3 Å². The number of hydrogen-bond donors (Lipinski definition) is 1. The van der Waals surface area contributed by atoms with Crippen LogP contribution in [0.1, 0.15) is 18.4 Å². The van der Waals surface area contributed by atoms with Gasteiger partial charge in [-0.15, -0.1) is 0 Å². The third-order valence-electron chi connectivity index (χ3n) is 3.01. The van der Waals surface area contributed by atoms with Gasteiger partial charge < -0.3 is 10.1 Å². The summed E-state index contributed by atoms with van der Waals surface area (Å²) in [7, 11) is 0. The second kappa shape index (κ2) is 5.97. The van der Waals surface area contributed by atoms with E-state index in [1.807, 2.05) is 0 Å². The zero-order chi connectivity index (χ0) is 11.2. The third-order valence-corrected chi connectivity index (χ3v) is 3.01. The second-order valence-corrected chi connectivity index (χ2v) is 4.33. The molecule has 2 rings (SSSR count). The molecule has 0 spiro atoms. The molecule has 0 amide bonds. The minimum Gasteiger partial charge on any atom is -0.377 e. The Morgan fingerprint density at radius 2 is 2.12 bits per heavy atom. The zero-order valence-electron chi connectivity index (χ0n) is 9.42. The van der Waals surface area contributed by atoms with Crippen LogP contribution in [0.3, 0.4) is 0 Å². The average molecular weight is 223 g/mol. The first kappa shape index (κ1) is 11.6. The van der Waals surface area contributed by atoms with E-state index in [0.29, 0.717) is 6.61 Å². The fourth-order valence-electron chi connectivity index (χ4n) is 1.98. The van der Waals surface area contributed by atoms with Gasteiger partial charge in [0.05, 0.1) is 6.61 Å². The van der Waals surface area contributed by atoms with Crippen molar-refractivity contribution >= 4 is 0 Å². The first-order valence-electron chi connectivity index (χ1n) is 5.87. The van der Waals surface area contributed by atoms with E-state index in [1.54, 1.807) is 12.1 Å². The van der Waals surface area contributed by atoms with Crippen molar-refractivity contribution in [2.24, 2.45) is 5.92 Å². The third kappa shape index (κ3) is 3.58. The molecule has 0 radical (unpaired) electrons. The van der Waals surface area contributed by atoms with Crippen LogP contribution < -0.4 is 5.32 Å². The number of hydrogen-bond acceptors (Lipinski definition) is 2. The Morgan fingerprint density at radius 3 is 2.81 bits per heavy atom. The lowest BCUT2D eigenvalue weighted by Crippen LogP contribution is -2.10. The molecule has 16 heavy (non-hydrogen) atoms. The predicted molar refractivity (Wildman–Crippen MR) is 61.6 cm³/mol. The monoisotopic (exact) mass is 223 g/mol. The van der Waals surface area contributed by atoms with Gasteiger partial charge in [-0.1, -0.05) is 12.1 Å². The van der Waals surface area contributed by atoms with Gasteiger partial charge in [0.25, 0.3) is 0 Å². The number of benzene rings is 1. The molecule has 0 aliphatic carbocycles. The molecular weight excluding hydrogens is 205 g/mol. The maximum atomic E-state index is 12.6. The molecule has 1 aromatic rings. The molecule has 1 aliphatic heterocycles. The van der Waals surface area contributed by atoms with Gasteiger partial charge in [0, 0.05) is 6.61 Å². The fraction of sp³-hybridized carbons (Fsp3) is 0.538. The minimum absolute atomic E-state index is 0.194. The smallest absolute Gasteiger partial charge is 0.123 e. The Hall–Kier alpha value is -0.930. The molecule has 1 N–H and O–H groups in total. The summed E-state index contributed by atoms with van der Waals surface area (Å²) in [4.78, 5) is 0. The molecule has 1 aliphatic rings.